The van der Waals surface area contributed by atoms with Crippen LogP contribution in [0.25, 0.3) is 0 Å². The summed E-state index contributed by atoms with van der Waals surface area (Å²) in [5.41, 5.74) is 0.980. The molecule has 0 aliphatic rings. The van der Waals surface area contributed by atoms with E-state index in [0.717, 1.165) is 10.0 Å². The van der Waals surface area contributed by atoms with Crippen LogP contribution in [0.1, 0.15) is 29.0 Å². The molecule has 0 radical (unpaired) electrons. The van der Waals surface area contributed by atoms with Crippen molar-refractivity contribution in [3.63, 3.8) is 0 Å². The van der Waals surface area contributed by atoms with Gasteiger partial charge in [-0.15, -0.1) is 5.10 Å². The average molecular weight is 296 g/mol. The van der Waals surface area contributed by atoms with Gasteiger partial charge in [-0.3, -0.25) is 0 Å². The molecular weight excluding hydrogens is 286 g/mol. The molecule has 88 valence electrons. The fraction of sp³-hybridized carbons (Fsp3) is 0.182. The second-order valence-electron chi connectivity index (χ2n) is 3.62. The second kappa shape index (κ2) is 4.67. The minimum absolute atomic E-state index is 0.0492. The third kappa shape index (κ3) is 2.52. The van der Waals surface area contributed by atoms with Crippen molar-refractivity contribution in [2.45, 2.75) is 13.0 Å². The maximum atomic E-state index is 10.7. The number of rotatable bonds is 3. The first-order chi connectivity index (χ1) is 8.08. The summed E-state index contributed by atoms with van der Waals surface area (Å²) in [6.07, 6.45) is 1.42. The number of halogens is 1. The van der Waals surface area contributed by atoms with E-state index in [0.29, 0.717) is 0 Å². The van der Waals surface area contributed by atoms with Gasteiger partial charge in [0.1, 0.15) is 0 Å². The summed E-state index contributed by atoms with van der Waals surface area (Å²) in [4.78, 5) is 10.7. The first-order valence-electron chi connectivity index (χ1n) is 4.98. The number of benzene rings is 1. The molecule has 0 aliphatic heterocycles. The van der Waals surface area contributed by atoms with Crippen LogP contribution < -0.4 is 0 Å². The summed E-state index contributed by atoms with van der Waals surface area (Å²) in [7, 11) is 0. The number of hydrogen-bond acceptors (Lipinski definition) is 3. The Balaban J connectivity index is 2.30. The highest BCUT2D eigenvalue weighted by molar-refractivity contribution is 9.10. The lowest BCUT2D eigenvalue weighted by atomic mass is 10.1. The maximum absolute atomic E-state index is 10.7. The van der Waals surface area contributed by atoms with Gasteiger partial charge in [-0.2, -0.15) is 0 Å². The van der Waals surface area contributed by atoms with Gasteiger partial charge < -0.3 is 5.11 Å². The van der Waals surface area contributed by atoms with Crippen LogP contribution >= 0.6 is 15.9 Å². The van der Waals surface area contributed by atoms with E-state index < -0.39 is 5.97 Å². The van der Waals surface area contributed by atoms with Crippen LogP contribution in [-0.2, 0) is 0 Å². The third-order valence-corrected chi connectivity index (χ3v) is 2.95. The molecule has 0 saturated heterocycles. The van der Waals surface area contributed by atoms with E-state index in [1.165, 1.54) is 10.9 Å². The highest BCUT2D eigenvalue weighted by atomic mass is 79.9. The molecule has 1 aromatic carbocycles. The van der Waals surface area contributed by atoms with E-state index in [9.17, 15) is 4.79 Å². The predicted octanol–water partition coefficient (Wildman–Crippen LogP) is 2.35. The largest absolute Gasteiger partial charge is 0.476 e. The van der Waals surface area contributed by atoms with E-state index in [-0.39, 0.29) is 11.7 Å². The van der Waals surface area contributed by atoms with Gasteiger partial charge in [0, 0.05) is 4.47 Å². The average Bonchev–Trinajstić information content (AvgIpc) is 2.77. The molecule has 0 aliphatic carbocycles. The van der Waals surface area contributed by atoms with E-state index in [4.69, 9.17) is 5.11 Å². The van der Waals surface area contributed by atoms with Crippen molar-refractivity contribution in [2.24, 2.45) is 0 Å². The zero-order valence-electron chi connectivity index (χ0n) is 9.04. The van der Waals surface area contributed by atoms with Gasteiger partial charge >= 0.3 is 5.97 Å². The smallest absolute Gasteiger partial charge is 0.358 e. The molecule has 1 N–H and O–H groups in total. The Hall–Kier alpha value is -1.69. The summed E-state index contributed by atoms with van der Waals surface area (Å²) in [6, 6.07) is 7.71. The Morgan fingerprint density at radius 3 is 2.88 bits per heavy atom. The van der Waals surface area contributed by atoms with Gasteiger partial charge in [0.25, 0.3) is 0 Å². The lowest BCUT2D eigenvalue weighted by Crippen LogP contribution is -2.07. The molecule has 0 amide bonds. The maximum Gasteiger partial charge on any atom is 0.358 e. The molecule has 0 saturated carbocycles. The summed E-state index contributed by atoms with van der Waals surface area (Å²) < 4.78 is 2.51. The topological polar surface area (TPSA) is 68.0 Å². The Kier molecular flexibility index (Phi) is 3.23. The van der Waals surface area contributed by atoms with E-state index in [1.54, 1.807) is 0 Å². The molecule has 1 atom stereocenters. The molecule has 1 aromatic heterocycles. The van der Waals surface area contributed by atoms with E-state index in [2.05, 4.69) is 26.2 Å². The highest BCUT2D eigenvalue weighted by Gasteiger charge is 2.13. The van der Waals surface area contributed by atoms with Crippen molar-refractivity contribution in [3.05, 3.63) is 46.2 Å². The molecule has 5 nitrogen and oxygen atoms in total. The minimum atomic E-state index is -1.07. The number of aromatic carboxylic acids is 1. The van der Waals surface area contributed by atoms with Crippen molar-refractivity contribution in [3.8, 4) is 0 Å². The molecule has 2 aromatic rings. The first-order valence-corrected chi connectivity index (χ1v) is 5.78. The van der Waals surface area contributed by atoms with Crippen molar-refractivity contribution >= 4 is 21.9 Å². The summed E-state index contributed by atoms with van der Waals surface area (Å²) in [5.74, 6) is -1.07. The summed E-state index contributed by atoms with van der Waals surface area (Å²) in [5, 5.41) is 16.2. The summed E-state index contributed by atoms with van der Waals surface area (Å²) in [6.45, 7) is 1.93. The van der Waals surface area contributed by atoms with Gasteiger partial charge in [0.15, 0.2) is 5.69 Å². The quantitative estimate of drug-likeness (QED) is 0.944. The van der Waals surface area contributed by atoms with Gasteiger partial charge in [0.2, 0.25) is 0 Å². The number of hydrogen-bond donors (Lipinski definition) is 1. The molecule has 0 fully saturated rings. The fourth-order valence-corrected chi connectivity index (χ4v) is 1.90. The first kappa shape index (κ1) is 11.8. The molecule has 0 bridgehead atoms. The Morgan fingerprint density at radius 1 is 1.53 bits per heavy atom. The number of carboxylic acid groups (broad SMARTS) is 1. The van der Waals surface area contributed by atoms with Crippen LogP contribution in [0, 0.1) is 0 Å². The lowest BCUT2D eigenvalue weighted by molar-refractivity contribution is 0.0690. The van der Waals surface area contributed by atoms with Crippen LogP contribution in [0.5, 0.6) is 0 Å². The molecular formula is C11H10BrN3O2. The molecule has 17 heavy (non-hydrogen) atoms. The SMILES string of the molecule is C[C@H](c1cccc(Br)c1)n1cc(C(=O)O)nn1. The van der Waals surface area contributed by atoms with Gasteiger partial charge in [-0.25, -0.2) is 9.48 Å². The van der Waals surface area contributed by atoms with Gasteiger partial charge in [-0.1, -0.05) is 33.3 Å². The number of aromatic nitrogens is 3. The molecule has 0 spiro atoms. The number of nitrogens with zero attached hydrogens (tertiary/aromatic N) is 3. The minimum Gasteiger partial charge on any atom is -0.476 e. The zero-order chi connectivity index (χ0) is 12.4. The zero-order valence-corrected chi connectivity index (χ0v) is 10.6. The van der Waals surface area contributed by atoms with Crippen molar-refractivity contribution in [1.29, 1.82) is 0 Å². The lowest BCUT2D eigenvalue weighted by Gasteiger charge is -2.11. The Bertz CT molecular complexity index is 553. The Labute approximate surface area is 106 Å². The Morgan fingerprint density at radius 2 is 2.29 bits per heavy atom. The normalized spacial score (nSPS) is 12.4. The second-order valence-corrected chi connectivity index (χ2v) is 4.54. The van der Waals surface area contributed by atoms with Crippen molar-refractivity contribution in [1.82, 2.24) is 15.0 Å². The predicted molar refractivity (Wildman–Crippen MR) is 64.9 cm³/mol. The van der Waals surface area contributed by atoms with Crippen LogP contribution in [0.4, 0.5) is 0 Å². The van der Waals surface area contributed by atoms with E-state index in [1.807, 2.05) is 31.2 Å². The van der Waals surface area contributed by atoms with Crippen LogP contribution in [-0.4, -0.2) is 26.1 Å². The molecule has 6 heteroatoms. The van der Waals surface area contributed by atoms with Crippen LogP contribution in [0.3, 0.4) is 0 Å². The third-order valence-electron chi connectivity index (χ3n) is 2.46. The number of carboxylic acids is 1. The van der Waals surface area contributed by atoms with Gasteiger partial charge in [-0.05, 0) is 24.6 Å². The number of carbonyl (C=O) groups is 1. The van der Waals surface area contributed by atoms with E-state index >= 15 is 0 Å². The molecule has 2 rings (SSSR count). The monoisotopic (exact) mass is 295 g/mol. The van der Waals surface area contributed by atoms with Gasteiger partial charge in [0.05, 0.1) is 12.2 Å². The highest BCUT2D eigenvalue weighted by Crippen LogP contribution is 2.20. The molecule has 1 heterocycles. The van der Waals surface area contributed by atoms with Crippen LogP contribution in [0.2, 0.25) is 0 Å². The standard InChI is InChI=1S/C11H10BrN3O2/c1-7(8-3-2-4-9(12)5-8)15-6-10(11(16)17)13-14-15/h2-7H,1H3,(H,16,17)/t7-/m1/s1. The van der Waals surface area contributed by atoms with Crippen molar-refractivity contribution in [2.75, 3.05) is 0 Å². The van der Waals surface area contributed by atoms with Crippen LogP contribution in [0.15, 0.2) is 34.9 Å². The summed E-state index contributed by atoms with van der Waals surface area (Å²) >= 11 is 3.39. The van der Waals surface area contributed by atoms with Crippen molar-refractivity contribution < 1.29 is 9.90 Å². The molecule has 0 unspecified atom stereocenters. The fourth-order valence-electron chi connectivity index (χ4n) is 1.48.